The number of carbonyl (C=O) groups excluding carboxylic acids is 1. The molecule has 1 aliphatic carbocycles. The van der Waals surface area contributed by atoms with Crippen LogP contribution in [0.25, 0.3) is 11.1 Å². The van der Waals surface area contributed by atoms with Gasteiger partial charge in [0.05, 0.1) is 18.1 Å². The number of nitrogens with one attached hydrogen (secondary N) is 1. The number of halogens is 2. The molecule has 10 heteroatoms. The number of carbonyl (C=O) groups is 2. The van der Waals surface area contributed by atoms with Crippen molar-refractivity contribution >= 4 is 34.6 Å². The lowest BCUT2D eigenvalue weighted by atomic mass is 9.87. The molecule has 0 radical (unpaired) electrons. The fourth-order valence-corrected chi connectivity index (χ4v) is 5.14. The molecule has 1 saturated carbocycles. The number of carboxylic acids is 1. The standard InChI is InChI=1S/C27H29F2N3O5/c1-15-4-8-18(28)14-21(15)31-27-30-20-11-7-17(24(29)25(20)36-27)13-23(33)22-3-2-12-32(22)37-19-9-5-16(6-10-19)26(34)35/h4,7-8,11,14,16,19,22H,2-3,5-6,9-10,12-13H2,1H3,(H,30,31)(H,34,35)/t16?,19?,22-/m1/s1. The highest BCUT2D eigenvalue weighted by atomic mass is 19.1. The average Bonchev–Trinajstić information content (AvgIpc) is 3.51. The van der Waals surface area contributed by atoms with E-state index in [0.29, 0.717) is 44.3 Å². The maximum atomic E-state index is 15.3. The first-order valence-electron chi connectivity index (χ1n) is 12.6. The van der Waals surface area contributed by atoms with Crippen LogP contribution in [0.4, 0.5) is 20.5 Å². The van der Waals surface area contributed by atoms with Crippen LogP contribution >= 0.6 is 0 Å². The van der Waals surface area contributed by atoms with Gasteiger partial charge in [-0.25, -0.2) is 8.78 Å². The molecule has 37 heavy (non-hydrogen) atoms. The van der Waals surface area contributed by atoms with Crippen molar-refractivity contribution in [3.63, 3.8) is 0 Å². The van der Waals surface area contributed by atoms with Gasteiger partial charge in [0.25, 0.3) is 6.01 Å². The predicted octanol–water partition coefficient (Wildman–Crippen LogP) is 5.31. The number of fused-ring (bicyclic) bond motifs is 1. The summed E-state index contributed by atoms with van der Waals surface area (Å²) >= 11 is 0. The van der Waals surface area contributed by atoms with Gasteiger partial charge in [0.15, 0.2) is 17.2 Å². The highest BCUT2D eigenvalue weighted by Crippen LogP contribution is 2.31. The predicted molar refractivity (Wildman–Crippen MR) is 131 cm³/mol. The molecule has 1 atom stereocenters. The summed E-state index contributed by atoms with van der Waals surface area (Å²) in [5.74, 6) is -2.33. The van der Waals surface area contributed by atoms with Gasteiger partial charge in [-0.3, -0.25) is 14.4 Å². The van der Waals surface area contributed by atoms with E-state index in [2.05, 4.69) is 10.3 Å². The Labute approximate surface area is 212 Å². The van der Waals surface area contributed by atoms with Crippen molar-refractivity contribution < 1.29 is 32.7 Å². The summed E-state index contributed by atoms with van der Waals surface area (Å²) in [6, 6.07) is 6.94. The van der Waals surface area contributed by atoms with E-state index >= 15 is 4.39 Å². The first kappa shape index (κ1) is 25.3. The zero-order valence-corrected chi connectivity index (χ0v) is 20.5. The summed E-state index contributed by atoms with van der Waals surface area (Å²) in [6.45, 7) is 2.40. The molecule has 196 valence electrons. The Bertz CT molecular complexity index is 1320. The molecule has 0 unspecified atom stereocenters. The highest BCUT2D eigenvalue weighted by Gasteiger charge is 2.35. The lowest BCUT2D eigenvalue weighted by Gasteiger charge is -2.31. The third kappa shape index (κ3) is 5.50. The zero-order chi connectivity index (χ0) is 26.1. The van der Waals surface area contributed by atoms with E-state index < -0.39 is 23.6 Å². The van der Waals surface area contributed by atoms with Gasteiger partial charge in [-0.1, -0.05) is 12.1 Å². The topological polar surface area (TPSA) is 105 Å². The van der Waals surface area contributed by atoms with Crippen LogP contribution in [0.2, 0.25) is 0 Å². The van der Waals surface area contributed by atoms with Gasteiger partial charge in [0.1, 0.15) is 11.3 Å². The summed E-state index contributed by atoms with van der Waals surface area (Å²) in [6.07, 6.45) is 3.57. The molecular weight excluding hydrogens is 484 g/mol. The van der Waals surface area contributed by atoms with Crippen molar-refractivity contribution in [3.05, 3.63) is 53.1 Å². The lowest BCUT2D eigenvalue weighted by Crippen LogP contribution is -2.41. The van der Waals surface area contributed by atoms with E-state index in [9.17, 15) is 19.1 Å². The Kier molecular flexibility index (Phi) is 7.21. The quantitative estimate of drug-likeness (QED) is 0.418. The van der Waals surface area contributed by atoms with Gasteiger partial charge in [0.2, 0.25) is 0 Å². The SMILES string of the molecule is Cc1ccc(F)cc1Nc1nc2ccc(CC(=O)[C@H]3CCCN3OC3CCC(C(=O)O)CC3)c(F)c2o1. The third-order valence-corrected chi connectivity index (χ3v) is 7.27. The first-order valence-corrected chi connectivity index (χ1v) is 12.6. The van der Waals surface area contributed by atoms with E-state index in [-0.39, 0.29) is 46.9 Å². The van der Waals surface area contributed by atoms with Crippen LogP contribution in [0.3, 0.4) is 0 Å². The van der Waals surface area contributed by atoms with Gasteiger partial charge in [-0.15, -0.1) is 0 Å². The summed E-state index contributed by atoms with van der Waals surface area (Å²) in [4.78, 5) is 34.7. The van der Waals surface area contributed by atoms with Crippen LogP contribution in [-0.4, -0.2) is 45.6 Å². The number of hydrogen-bond donors (Lipinski definition) is 2. The minimum absolute atomic E-state index is 0.0269. The Morgan fingerprint density at radius 3 is 2.70 bits per heavy atom. The number of ketones is 1. The lowest BCUT2D eigenvalue weighted by molar-refractivity contribution is -0.214. The van der Waals surface area contributed by atoms with Crippen LogP contribution in [0, 0.1) is 24.5 Å². The van der Waals surface area contributed by atoms with Crippen molar-refractivity contribution in [2.45, 2.75) is 64.0 Å². The smallest absolute Gasteiger partial charge is 0.306 e. The van der Waals surface area contributed by atoms with Gasteiger partial charge in [-0.2, -0.15) is 10.0 Å². The molecule has 0 bridgehead atoms. The fourth-order valence-electron chi connectivity index (χ4n) is 5.14. The molecule has 3 aromatic rings. The molecule has 2 aliphatic rings. The average molecular weight is 514 g/mol. The number of rotatable bonds is 8. The Balaban J connectivity index is 1.25. The number of benzene rings is 2. The molecule has 1 aromatic heterocycles. The molecule has 0 amide bonds. The Morgan fingerprint density at radius 2 is 1.95 bits per heavy atom. The van der Waals surface area contributed by atoms with Crippen molar-refractivity contribution in [2.75, 3.05) is 11.9 Å². The van der Waals surface area contributed by atoms with Crippen molar-refractivity contribution in [3.8, 4) is 0 Å². The van der Waals surface area contributed by atoms with Crippen LogP contribution in [0.5, 0.6) is 0 Å². The maximum absolute atomic E-state index is 15.3. The Morgan fingerprint density at radius 1 is 1.16 bits per heavy atom. The normalized spacial score (nSPS) is 22.4. The highest BCUT2D eigenvalue weighted by molar-refractivity contribution is 5.87. The van der Waals surface area contributed by atoms with E-state index in [1.165, 1.54) is 18.2 Å². The van der Waals surface area contributed by atoms with Crippen LogP contribution < -0.4 is 5.32 Å². The third-order valence-electron chi connectivity index (χ3n) is 7.27. The Hall–Kier alpha value is -3.37. The summed E-state index contributed by atoms with van der Waals surface area (Å²) in [5, 5.41) is 13.8. The summed E-state index contributed by atoms with van der Waals surface area (Å²) in [5.41, 5.74) is 1.65. The number of hydroxylamine groups is 2. The van der Waals surface area contributed by atoms with Gasteiger partial charge in [0, 0.05) is 18.7 Å². The molecule has 2 heterocycles. The minimum Gasteiger partial charge on any atom is -0.481 e. The second-order valence-corrected chi connectivity index (χ2v) is 9.85. The monoisotopic (exact) mass is 513 g/mol. The van der Waals surface area contributed by atoms with E-state index in [1.807, 2.05) is 0 Å². The number of carboxylic acid groups (broad SMARTS) is 1. The van der Waals surface area contributed by atoms with Crippen molar-refractivity contribution in [1.82, 2.24) is 10.0 Å². The van der Waals surface area contributed by atoms with Crippen molar-refractivity contribution in [2.24, 2.45) is 5.92 Å². The molecule has 1 saturated heterocycles. The van der Waals surface area contributed by atoms with E-state index in [4.69, 9.17) is 9.25 Å². The molecule has 1 aliphatic heterocycles. The summed E-state index contributed by atoms with van der Waals surface area (Å²) < 4.78 is 34.5. The van der Waals surface area contributed by atoms with Gasteiger partial charge in [-0.05, 0) is 74.8 Å². The van der Waals surface area contributed by atoms with Gasteiger partial charge >= 0.3 is 5.97 Å². The van der Waals surface area contributed by atoms with E-state index in [1.54, 1.807) is 24.1 Å². The van der Waals surface area contributed by atoms with Crippen LogP contribution in [0.1, 0.15) is 49.7 Å². The minimum atomic E-state index is -0.773. The number of oxazole rings is 1. The number of Topliss-reactive ketones (excluding diaryl/α,β-unsaturated/α-hetero) is 1. The molecule has 0 spiro atoms. The fraction of sp³-hybridized carbons (Fsp3) is 0.444. The number of hydrogen-bond acceptors (Lipinski definition) is 7. The number of aliphatic carboxylic acids is 1. The molecule has 5 rings (SSSR count). The molecular formula is C27H29F2N3O5. The number of nitrogens with zero attached hydrogens (tertiary/aromatic N) is 2. The molecule has 2 N–H and O–H groups in total. The molecule has 8 nitrogen and oxygen atoms in total. The molecule has 2 fully saturated rings. The van der Waals surface area contributed by atoms with Crippen LogP contribution in [0.15, 0.2) is 34.7 Å². The second-order valence-electron chi connectivity index (χ2n) is 9.85. The number of anilines is 2. The van der Waals surface area contributed by atoms with Crippen LogP contribution in [-0.2, 0) is 20.8 Å². The summed E-state index contributed by atoms with van der Waals surface area (Å²) in [7, 11) is 0. The van der Waals surface area contributed by atoms with Gasteiger partial charge < -0.3 is 14.8 Å². The van der Waals surface area contributed by atoms with Crippen molar-refractivity contribution in [1.29, 1.82) is 0 Å². The molecule has 2 aromatic carbocycles. The van der Waals surface area contributed by atoms with E-state index in [0.717, 1.165) is 12.0 Å². The zero-order valence-electron chi connectivity index (χ0n) is 20.5. The maximum Gasteiger partial charge on any atom is 0.306 e. The first-order chi connectivity index (χ1) is 17.8. The second kappa shape index (κ2) is 10.5. The number of aryl methyl sites for hydroxylation is 1. The largest absolute Gasteiger partial charge is 0.481 e. The number of aromatic nitrogens is 1.